The first-order valence-corrected chi connectivity index (χ1v) is 8.53. The molecule has 0 bridgehead atoms. The molecular weight excluding hydrogens is 374 g/mol. The lowest BCUT2D eigenvalue weighted by Gasteiger charge is -2.33. The zero-order chi connectivity index (χ0) is 18.5. The Morgan fingerprint density at radius 1 is 1.21 bits per heavy atom. The van der Waals surface area contributed by atoms with Gasteiger partial charge in [-0.3, -0.25) is 9.59 Å². The summed E-state index contributed by atoms with van der Waals surface area (Å²) in [6.45, 7) is 10.2. The van der Waals surface area contributed by atoms with Crippen molar-refractivity contribution in [3.05, 3.63) is 22.2 Å². The first-order valence-electron chi connectivity index (χ1n) is 7.74. The highest BCUT2D eigenvalue weighted by Gasteiger charge is 2.27. The third-order valence-electron chi connectivity index (χ3n) is 3.22. The lowest BCUT2D eigenvalue weighted by Crippen LogP contribution is -2.47. The van der Waals surface area contributed by atoms with Gasteiger partial charge in [0.1, 0.15) is 0 Å². The maximum Gasteiger partial charge on any atom is 0.258 e. The van der Waals surface area contributed by atoms with E-state index in [1.807, 2.05) is 13.8 Å². The molecule has 1 rings (SSSR count). The smallest absolute Gasteiger partial charge is 0.258 e. The third kappa shape index (κ3) is 6.51. The van der Waals surface area contributed by atoms with Crippen molar-refractivity contribution < 1.29 is 19.1 Å². The van der Waals surface area contributed by atoms with E-state index in [0.29, 0.717) is 27.8 Å². The standard InChI is InChI=1S/C18H26BrNO4/c1-17(2,3)11-18(4,5)20-16(22)10-24-15-7-12(9-21)13(19)8-14(15)23-6/h7-9H,10-11H2,1-6H3,(H,20,22). The van der Waals surface area contributed by atoms with Gasteiger partial charge in [-0.2, -0.15) is 0 Å². The minimum Gasteiger partial charge on any atom is -0.493 e. The molecule has 0 aliphatic heterocycles. The summed E-state index contributed by atoms with van der Waals surface area (Å²) in [6.07, 6.45) is 1.55. The summed E-state index contributed by atoms with van der Waals surface area (Å²) in [5.41, 5.74) is 0.196. The summed E-state index contributed by atoms with van der Waals surface area (Å²) in [5.74, 6) is 0.586. The van der Waals surface area contributed by atoms with E-state index < -0.39 is 0 Å². The molecule has 1 N–H and O–H groups in total. The van der Waals surface area contributed by atoms with Gasteiger partial charge in [0.15, 0.2) is 24.4 Å². The number of hydrogen-bond acceptors (Lipinski definition) is 4. The third-order valence-corrected chi connectivity index (χ3v) is 3.91. The van der Waals surface area contributed by atoms with Crippen LogP contribution in [0.25, 0.3) is 0 Å². The van der Waals surface area contributed by atoms with E-state index in [1.54, 1.807) is 12.1 Å². The average Bonchev–Trinajstić information content (AvgIpc) is 2.42. The number of aldehydes is 1. The number of nitrogens with one attached hydrogen (secondary N) is 1. The van der Waals surface area contributed by atoms with Crippen molar-refractivity contribution >= 4 is 28.1 Å². The predicted molar refractivity (Wildman–Crippen MR) is 97.9 cm³/mol. The van der Waals surface area contributed by atoms with Crippen molar-refractivity contribution in [2.24, 2.45) is 5.41 Å². The van der Waals surface area contributed by atoms with E-state index in [0.717, 1.165) is 6.42 Å². The Labute approximate surface area is 152 Å². The van der Waals surface area contributed by atoms with Crippen molar-refractivity contribution in [1.82, 2.24) is 5.32 Å². The van der Waals surface area contributed by atoms with E-state index in [1.165, 1.54) is 7.11 Å². The topological polar surface area (TPSA) is 64.6 Å². The molecule has 0 unspecified atom stereocenters. The molecule has 0 fully saturated rings. The lowest BCUT2D eigenvalue weighted by atomic mass is 9.82. The molecule has 24 heavy (non-hydrogen) atoms. The second kappa shape index (κ2) is 8.01. The van der Waals surface area contributed by atoms with Crippen LogP contribution >= 0.6 is 15.9 Å². The number of benzene rings is 1. The Morgan fingerprint density at radius 3 is 2.33 bits per heavy atom. The van der Waals surface area contributed by atoms with Crippen LogP contribution in [0.3, 0.4) is 0 Å². The molecule has 134 valence electrons. The zero-order valence-electron chi connectivity index (χ0n) is 15.2. The highest BCUT2D eigenvalue weighted by molar-refractivity contribution is 9.10. The Kier molecular flexibility index (Phi) is 6.84. The first-order chi connectivity index (χ1) is 11.0. The fourth-order valence-electron chi connectivity index (χ4n) is 2.84. The number of hydrogen-bond donors (Lipinski definition) is 1. The highest BCUT2D eigenvalue weighted by Crippen LogP contribution is 2.33. The summed E-state index contributed by atoms with van der Waals surface area (Å²) >= 11 is 3.28. The molecule has 0 saturated heterocycles. The summed E-state index contributed by atoms with van der Waals surface area (Å²) in [7, 11) is 1.50. The normalized spacial score (nSPS) is 11.8. The van der Waals surface area contributed by atoms with Crippen molar-refractivity contribution in [3.63, 3.8) is 0 Å². The van der Waals surface area contributed by atoms with Gasteiger partial charge in [0.2, 0.25) is 0 Å². The summed E-state index contributed by atoms with van der Waals surface area (Å²) < 4.78 is 11.4. The van der Waals surface area contributed by atoms with Crippen LogP contribution in [0, 0.1) is 5.41 Å². The maximum absolute atomic E-state index is 12.2. The first kappa shape index (κ1) is 20.5. The zero-order valence-corrected chi connectivity index (χ0v) is 16.7. The van der Waals surface area contributed by atoms with Crippen molar-refractivity contribution in [3.8, 4) is 11.5 Å². The van der Waals surface area contributed by atoms with Crippen LogP contribution in [0.2, 0.25) is 0 Å². The molecule has 1 aromatic rings. The number of methoxy groups -OCH3 is 1. The second-order valence-electron chi connectivity index (χ2n) is 7.60. The lowest BCUT2D eigenvalue weighted by molar-refractivity contribution is -0.125. The molecule has 0 atom stereocenters. The fourth-order valence-corrected chi connectivity index (χ4v) is 3.26. The van der Waals surface area contributed by atoms with Gasteiger partial charge in [0.25, 0.3) is 5.91 Å². The van der Waals surface area contributed by atoms with E-state index >= 15 is 0 Å². The molecule has 0 spiro atoms. The number of ether oxygens (including phenoxy) is 2. The SMILES string of the molecule is COc1cc(Br)c(C=O)cc1OCC(=O)NC(C)(C)CC(C)(C)C. The molecule has 0 aliphatic carbocycles. The molecule has 0 saturated carbocycles. The minimum absolute atomic E-state index is 0.103. The minimum atomic E-state index is -0.337. The van der Waals surface area contributed by atoms with Crippen LogP contribution in [-0.4, -0.2) is 31.4 Å². The number of carbonyl (C=O) groups is 2. The number of carbonyl (C=O) groups excluding carboxylic acids is 2. The Morgan fingerprint density at radius 2 is 1.83 bits per heavy atom. The largest absolute Gasteiger partial charge is 0.493 e. The van der Waals surface area contributed by atoms with Crippen LogP contribution in [0.4, 0.5) is 0 Å². The van der Waals surface area contributed by atoms with Gasteiger partial charge in [0, 0.05) is 15.6 Å². The molecule has 0 radical (unpaired) electrons. The van der Waals surface area contributed by atoms with Crippen molar-refractivity contribution in [1.29, 1.82) is 0 Å². The quantitative estimate of drug-likeness (QED) is 0.704. The van der Waals surface area contributed by atoms with Crippen LogP contribution in [0.1, 0.15) is 51.4 Å². The van der Waals surface area contributed by atoms with Gasteiger partial charge in [-0.15, -0.1) is 0 Å². The summed E-state index contributed by atoms with van der Waals surface area (Å²) in [4.78, 5) is 23.2. The van der Waals surface area contributed by atoms with Gasteiger partial charge in [-0.25, -0.2) is 0 Å². The van der Waals surface area contributed by atoms with E-state index in [-0.39, 0.29) is 23.5 Å². The van der Waals surface area contributed by atoms with Gasteiger partial charge >= 0.3 is 0 Å². The van der Waals surface area contributed by atoms with E-state index in [9.17, 15) is 9.59 Å². The van der Waals surface area contributed by atoms with E-state index in [2.05, 4.69) is 42.0 Å². The molecule has 5 nitrogen and oxygen atoms in total. The molecule has 0 aliphatic rings. The van der Waals surface area contributed by atoms with Crippen LogP contribution in [0.15, 0.2) is 16.6 Å². The molecular formula is C18H26BrNO4. The van der Waals surface area contributed by atoms with Crippen LogP contribution in [-0.2, 0) is 4.79 Å². The van der Waals surface area contributed by atoms with Gasteiger partial charge in [-0.1, -0.05) is 20.8 Å². The average molecular weight is 400 g/mol. The monoisotopic (exact) mass is 399 g/mol. The van der Waals surface area contributed by atoms with Crippen LogP contribution < -0.4 is 14.8 Å². The number of rotatable bonds is 7. The summed E-state index contributed by atoms with van der Waals surface area (Å²) in [6, 6.07) is 3.18. The molecule has 1 amide bonds. The Hall–Kier alpha value is -1.56. The number of amides is 1. The maximum atomic E-state index is 12.2. The predicted octanol–water partition coefficient (Wildman–Crippen LogP) is 3.98. The van der Waals surface area contributed by atoms with Crippen molar-refractivity contribution in [2.45, 2.75) is 46.6 Å². The van der Waals surface area contributed by atoms with Crippen LogP contribution in [0.5, 0.6) is 11.5 Å². The van der Waals surface area contributed by atoms with E-state index in [4.69, 9.17) is 9.47 Å². The molecule has 0 heterocycles. The summed E-state index contributed by atoms with van der Waals surface area (Å²) in [5, 5.41) is 2.98. The van der Waals surface area contributed by atoms with Gasteiger partial charge in [0.05, 0.1) is 7.11 Å². The molecule has 0 aromatic heterocycles. The fraction of sp³-hybridized carbons (Fsp3) is 0.556. The molecule has 6 heteroatoms. The second-order valence-corrected chi connectivity index (χ2v) is 8.45. The van der Waals surface area contributed by atoms with Gasteiger partial charge < -0.3 is 14.8 Å². The highest BCUT2D eigenvalue weighted by atomic mass is 79.9. The Bertz CT molecular complexity index is 606. The van der Waals surface area contributed by atoms with Crippen molar-refractivity contribution in [2.75, 3.05) is 13.7 Å². The Balaban J connectivity index is 2.75. The number of halogens is 1. The van der Waals surface area contributed by atoms with Gasteiger partial charge in [-0.05, 0) is 53.7 Å². The molecule has 1 aromatic carbocycles.